The first-order valence-corrected chi connectivity index (χ1v) is 13.1. The minimum absolute atomic E-state index is 0.0902. The molecule has 0 spiro atoms. The van der Waals surface area contributed by atoms with Gasteiger partial charge in [0.2, 0.25) is 0 Å². The van der Waals surface area contributed by atoms with Gasteiger partial charge in [-0.05, 0) is 86.2 Å². The molecule has 0 aliphatic carbocycles. The van der Waals surface area contributed by atoms with Crippen molar-refractivity contribution in [3.05, 3.63) is 100 Å². The van der Waals surface area contributed by atoms with E-state index in [1.165, 1.54) is 5.56 Å². The molecule has 0 aliphatic rings. The second-order valence-corrected chi connectivity index (χ2v) is 10.4. The molecule has 3 aromatic carbocycles. The molecule has 6 heteroatoms. The molecule has 2 amide bonds. The van der Waals surface area contributed by atoms with Crippen LogP contribution in [0.1, 0.15) is 78.0 Å². The number of amides is 2. The molecule has 0 aliphatic heterocycles. The summed E-state index contributed by atoms with van der Waals surface area (Å²) in [6.07, 6.45) is -0.701. The maximum atomic E-state index is 13.2. The van der Waals surface area contributed by atoms with E-state index in [1.54, 1.807) is 6.92 Å². The molecule has 0 saturated carbocycles. The highest BCUT2D eigenvalue weighted by molar-refractivity contribution is 5.99. The van der Waals surface area contributed by atoms with Crippen molar-refractivity contribution in [2.24, 2.45) is 5.73 Å². The number of ether oxygens (including phenoxy) is 1. The first kappa shape index (κ1) is 27.0. The highest BCUT2D eigenvalue weighted by Crippen LogP contribution is 2.28. The van der Waals surface area contributed by atoms with Crippen LogP contribution in [0.25, 0.3) is 10.9 Å². The number of aromatic nitrogens is 1. The van der Waals surface area contributed by atoms with Gasteiger partial charge in [0.1, 0.15) is 5.75 Å². The summed E-state index contributed by atoms with van der Waals surface area (Å²) in [5.41, 5.74) is 12.7. The van der Waals surface area contributed by atoms with E-state index in [2.05, 4.69) is 55.8 Å². The zero-order valence-corrected chi connectivity index (χ0v) is 23.0. The second-order valence-electron chi connectivity index (χ2n) is 10.4. The Morgan fingerprint density at radius 1 is 0.921 bits per heavy atom. The van der Waals surface area contributed by atoms with E-state index in [1.807, 2.05) is 55.5 Å². The molecule has 38 heavy (non-hydrogen) atoms. The van der Waals surface area contributed by atoms with Crippen molar-refractivity contribution in [1.29, 1.82) is 0 Å². The lowest BCUT2D eigenvalue weighted by Gasteiger charge is -2.17. The van der Waals surface area contributed by atoms with Crippen LogP contribution < -0.4 is 15.8 Å². The SMILES string of the molecule is Cc1c(C)n(Cc2cccc(O[C@@H](C)C(N)=O)c2)c2ccc(C(=O)N[C@@H](C)c3cccc(C(C)C)c3)cc12. The molecular weight excluding hydrogens is 474 g/mol. The smallest absolute Gasteiger partial charge is 0.258 e. The number of rotatable bonds is 9. The first-order chi connectivity index (χ1) is 18.0. The molecule has 6 nitrogen and oxygen atoms in total. The van der Waals surface area contributed by atoms with Gasteiger partial charge in [-0.15, -0.1) is 0 Å². The van der Waals surface area contributed by atoms with E-state index in [-0.39, 0.29) is 11.9 Å². The third kappa shape index (κ3) is 5.75. The van der Waals surface area contributed by atoms with E-state index in [9.17, 15) is 9.59 Å². The maximum Gasteiger partial charge on any atom is 0.258 e. The number of hydrogen-bond donors (Lipinski definition) is 2. The van der Waals surface area contributed by atoms with Crippen molar-refractivity contribution in [1.82, 2.24) is 9.88 Å². The summed E-state index contributed by atoms with van der Waals surface area (Å²) in [7, 11) is 0. The number of benzene rings is 3. The number of fused-ring (bicyclic) bond motifs is 1. The topological polar surface area (TPSA) is 86.3 Å². The maximum absolute atomic E-state index is 13.2. The summed E-state index contributed by atoms with van der Waals surface area (Å²) >= 11 is 0. The van der Waals surface area contributed by atoms with Crippen molar-refractivity contribution in [2.45, 2.75) is 66.2 Å². The molecule has 0 radical (unpaired) electrons. The van der Waals surface area contributed by atoms with Gasteiger partial charge in [-0.1, -0.05) is 50.2 Å². The monoisotopic (exact) mass is 511 g/mol. The predicted molar refractivity (Wildman–Crippen MR) is 153 cm³/mol. The molecule has 1 aromatic heterocycles. The molecule has 3 N–H and O–H groups in total. The second kappa shape index (κ2) is 11.1. The van der Waals surface area contributed by atoms with Crippen molar-refractivity contribution in [3.8, 4) is 5.75 Å². The Balaban J connectivity index is 1.56. The summed E-state index contributed by atoms with van der Waals surface area (Å²) in [4.78, 5) is 24.6. The van der Waals surface area contributed by atoms with E-state index >= 15 is 0 Å². The van der Waals surface area contributed by atoms with Gasteiger partial charge in [0.05, 0.1) is 6.04 Å². The van der Waals surface area contributed by atoms with Crippen LogP contribution in [-0.4, -0.2) is 22.5 Å². The normalized spacial score (nSPS) is 12.9. The summed E-state index contributed by atoms with van der Waals surface area (Å²) in [6, 6.07) is 21.9. The number of nitrogens with one attached hydrogen (secondary N) is 1. The summed E-state index contributed by atoms with van der Waals surface area (Å²) in [5, 5.41) is 4.22. The van der Waals surface area contributed by atoms with Gasteiger partial charge in [-0.25, -0.2) is 0 Å². The fourth-order valence-corrected chi connectivity index (χ4v) is 4.71. The lowest BCUT2D eigenvalue weighted by atomic mass is 9.98. The van der Waals surface area contributed by atoms with Crippen molar-refractivity contribution in [2.75, 3.05) is 0 Å². The van der Waals surface area contributed by atoms with Gasteiger partial charge in [-0.3, -0.25) is 9.59 Å². The minimum Gasteiger partial charge on any atom is -0.481 e. The van der Waals surface area contributed by atoms with Gasteiger partial charge >= 0.3 is 0 Å². The zero-order valence-electron chi connectivity index (χ0n) is 23.0. The third-order valence-corrected chi connectivity index (χ3v) is 7.28. The molecule has 4 aromatic rings. The lowest BCUT2D eigenvalue weighted by molar-refractivity contribution is -0.123. The van der Waals surface area contributed by atoms with Gasteiger partial charge in [0.15, 0.2) is 6.10 Å². The largest absolute Gasteiger partial charge is 0.481 e. The number of nitrogens with zero attached hydrogens (tertiary/aromatic N) is 1. The van der Waals surface area contributed by atoms with Crippen LogP contribution in [0.4, 0.5) is 0 Å². The summed E-state index contributed by atoms with van der Waals surface area (Å²) in [6.45, 7) is 12.8. The highest BCUT2D eigenvalue weighted by atomic mass is 16.5. The molecule has 0 bridgehead atoms. The fourth-order valence-electron chi connectivity index (χ4n) is 4.71. The van der Waals surface area contributed by atoms with Gasteiger partial charge < -0.3 is 20.4 Å². The van der Waals surface area contributed by atoms with Gasteiger partial charge in [0.25, 0.3) is 11.8 Å². The van der Waals surface area contributed by atoms with Crippen molar-refractivity contribution < 1.29 is 14.3 Å². The van der Waals surface area contributed by atoms with Crippen LogP contribution in [-0.2, 0) is 11.3 Å². The van der Waals surface area contributed by atoms with E-state index < -0.39 is 12.0 Å². The van der Waals surface area contributed by atoms with Crippen LogP contribution in [0.2, 0.25) is 0 Å². The minimum atomic E-state index is -0.701. The van der Waals surface area contributed by atoms with Gasteiger partial charge in [0, 0.05) is 28.7 Å². The highest BCUT2D eigenvalue weighted by Gasteiger charge is 2.17. The Hall–Kier alpha value is -4.06. The molecule has 1 heterocycles. The number of nitrogens with two attached hydrogens (primary N) is 1. The van der Waals surface area contributed by atoms with Crippen LogP contribution >= 0.6 is 0 Å². The average molecular weight is 512 g/mol. The number of carbonyl (C=O) groups excluding carboxylic acids is 2. The van der Waals surface area contributed by atoms with Gasteiger partial charge in [-0.2, -0.15) is 0 Å². The van der Waals surface area contributed by atoms with Crippen LogP contribution in [0.15, 0.2) is 66.7 Å². The molecular formula is C32H37N3O3. The van der Waals surface area contributed by atoms with Crippen molar-refractivity contribution >= 4 is 22.7 Å². The first-order valence-electron chi connectivity index (χ1n) is 13.1. The molecule has 2 atom stereocenters. The number of primary amides is 1. The molecule has 0 fully saturated rings. The predicted octanol–water partition coefficient (Wildman–Crippen LogP) is 6.17. The van der Waals surface area contributed by atoms with Crippen LogP contribution in [0.5, 0.6) is 5.75 Å². The van der Waals surface area contributed by atoms with Crippen LogP contribution in [0.3, 0.4) is 0 Å². The average Bonchev–Trinajstić information content (AvgIpc) is 3.13. The Morgan fingerprint density at radius 2 is 1.63 bits per heavy atom. The Morgan fingerprint density at radius 3 is 2.34 bits per heavy atom. The number of aryl methyl sites for hydroxylation is 1. The molecule has 4 rings (SSSR count). The zero-order chi connectivity index (χ0) is 27.6. The van der Waals surface area contributed by atoms with E-state index in [0.29, 0.717) is 23.8 Å². The quantitative estimate of drug-likeness (QED) is 0.282. The Bertz CT molecular complexity index is 1480. The molecule has 0 saturated heterocycles. The summed E-state index contributed by atoms with van der Waals surface area (Å²) in [5.74, 6) is 0.444. The fraction of sp³-hybridized carbons (Fsp3) is 0.312. The third-order valence-electron chi connectivity index (χ3n) is 7.28. The Kier molecular flexibility index (Phi) is 7.91. The number of hydrogen-bond acceptors (Lipinski definition) is 3. The van der Waals surface area contributed by atoms with E-state index in [0.717, 1.165) is 33.3 Å². The van der Waals surface area contributed by atoms with Crippen LogP contribution in [0, 0.1) is 13.8 Å². The Labute approximate surface area is 224 Å². The lowest BCUT2D eigenvalue weighted by Crippen LogP contribution is -2.30. The van der Waals surface area contributed by atoms with Crippen molar-refractivity contribution in [3.63, 3.8) is 0 Å². The number of carbonyl (C=O) groups is 2. The van der Waals surface area contributed by atoms with E-state index in [4.69, 9.17) is 10.5 Å². The standard InChI is InChI=1S/C32H37N3O3/c1-19(2)25-10-8-11-26(16-25)21(4)34-32(37)27-13-14-30-29(17-27)20(3)22(5)35(30)18-24-9-7-12-28(15-24)38-23(6)31(33)36/h7-17,19,21,23H,18H2,1-6H3,(H2,33,36)(H,34,37)/t21-,23-/m0/s1. The molecule has 198 valence electrons. The summed E-state index contributed by atoms with van der Waals surface area (Å²) < 4.78 is 7.91. The molecule has 0 unspecified atom stereocenters.